The minimum absolute atomic E-state index is 0.0661. The van der Waals surface area contributed by atoms with E-state index in [1.54, 1.807) is 11.9 Å². The van der Waals surface area contributed by atoms with Gasteiger partial charge in [-0.15, -0.1) is 0 Å². The lowest BCUT2D eigenvalue weighted by Gasteiger charge is -2.14. The molecule has 2 aromatic carbocycles. The molecular weight excluding hydrogens is 306 g/mol. The summed E-state index contributed by atoms with van der Waals surface area (Å²) in [6, 6.07) is 16.9. The van der Waals surface area contributed by atoms with Crippen LogP contribution >= 0.6 is 0 Å². The Balaban J connectivity index is 2.12. The first kappa shape index (κ1) is 16.8. The van der Waals surface area contributed by atoms with Gasteiger partial charge in [-0.1, -0.05) is 18.2 Å². The Morgan fingerprint density at radius 3 is 2.29 bits per heavy atom. The number of rotatable bonds is 5. The van der Waals surface area contributed by atoms with E-state index < -0.39 is 11.9 Å². The molecule has 0 spiro atoms. The van der Waals surface area contributed by atoms with Crippen LogP contribution in [0.15, 0.2) is 66.4 Å². The Morgan fingerprint density at radius 1 is 1.12 bits per heavy atom. The number of amides is 1. The second-order valence-corrected chi connectivity index (χ2v) is 4.94. The van der Waals surface area contributed by atoms with E-state index in [0.717, 1.165) is 5.69 Å². The van der Waals surface area contributed by atoms with E-state index in [1.807, 2.05) is 36.4 Å². The Morgan fingerprint density at radius 2 is 1.75 bits per heavy atom. The number of hydrogen-bond donors (Lipinski definition) is 2. The summed E-state index contributed by atoms with van der Waals surface area (Å²) < 4.78 is 0. The van der Waals surface area contributed by atoms with Crippen molar-refractivity contribution in [3.63, 3.8) is 0 Å². The van der Waals surface area contributed by atoms with Crippen molar-refractivity contribution in [3.05, 3.63) is 71.9 Å². The van der Waals surface area contributed by atoms with Crippen molar-refractivity contribution in [2.45, 2.75) is 0 Å². The van der Waals surface area contributed by atoms with Crippen LogP contribution in [0.25, 0.3) is 0 Å². The molecule has 0 unspecified atom stereocenters. The van der Waals surface area contributed by atoms with Crippen LogP contribution in [0.5, 0.6) is 0 Å². The van der Waals surface area contributed by atoms with E-state index in [4.69, 9.17) is 5.11 Å². The summed E-state index contributed by atoms with van der Waals surface area (Å²) in [5.41, 5.74) is 1.30. The fraction of sp³-hybridized carbons (Fsp3) is 0.0556. The highest BCUT2D eigenvalue weighted by Crippen LogP contribution is 2.14. The van der Waals surface area contributed by atoms with Crippen molar-refractivity contribution < 1.29 is 14.7 Å². The molecule has 2 rings (SSSR count). The zero-order valence-corrected chi connectivity index (χ0v) is 12.9. The standard InChI is InChI=1S/C18H15N3O3/c1-21(16-5-3-2-4-6-16)12-14(11-19)17(22)20-15-9-7-13(8-10-15)18(23)24/h2-10,12H,1H3,(H,20,22)(H,23,24)/b14-12-. The molecule has 0 saturated carbocycles. The lowest BCUT2D eigenvalue weighted by Crippen LogP contribution is -2.17. The fourth-order valence-corrected chi connectivity index (χ4v) is 1.96. The highest BCUT2D eigenvalue weighted by Gasteiger charge is 2.11. The molecule has 0 heterocycles. The molecule has 6 nitrogen and oxygen atoms in total. The van der Waals surface area contributed by atoms with E-state index in [0.29, 0.717) is 5.69 Å². The van der Waals surface area contributed by atoms with Crippen molar-refractivity contribution in [1.29, 1.82) is 5.26 Å². The van der Waals surface area contributed by atoms with Crippen LogP contribution in [0.3, 0.4) is 0 Å². The maximum Gasteiger partial charge on any atom is 0.335 e. The number of nitrogens with zero attached hydrogens (tertiary/aromatic N) is 2. The normalized spacial score (nSPS) is 10.6. The highest BCUT2D eigenvalue weighted by molar-refractivity contribution is 6.07. The van der Waals surface area contributed by atoms with Crippen LogP contribution in [0, 0.1) is 11.3 Å². The maximum absolute atomic E-state index is 12.2. The summed E-state index contributed by atoms with van der Waals surface area (Å²) in [6.07, 6.45) is 1.44. The summed E-state index contributed by atoms with van der Waals surface area (Å²) in [4.78, 5) is 24.7. The van der Waals surface area contributed by atoms with Crippen molar-refractivity contribution in [3.8, 4) is 6.07 Å². The molecule has 0 aromatic heterocycles. The number of carboxylic acids is 1. The second kappa shape index (κ2) is 7.61. The Labute approximate surface area is 139 Å². The SMILES string of the molecule is CN(/C=C(/C#N)C(=O)Nc1ccc(C(=O)O)cc1)c1ccccc1. The van der Waals surface area contributed by atoms with Gasteiger partial charge in [0.15, 0.2) is 0 Å². The van der Waals surface area contributed by atoms with E-state index in [2.05, 4.69) is 5.32 Å². The van der Waals surface area contributed by atoms with Gasteiger partial charge in [-0.2, -0.15) is 5.26 Å². The number of hydrogen-bond acceptors (Lipinski definition) is 4. The molecule has 0 aliphatic heterocycles. The topological polar surface area (TPSA) is 93.4 Å². The number of carboxylic acid groups (broad SMARTS) is 1. The van der Waals surface area contributed by atoms with Gasteiger partial charge >= 0.3 is 5.97 Å². The zero-order valence-electron chi connectivity index (χ0n) is 12.9. The number of carbonyl (C=O) groups excluding carboxylic acids is 1. The quantitative estimate of drug-likeness (QED) is 0.652. The molecule has 0 atom stereocenters. The van der Waals surface area contributed by atoms with Crippen LogP contribution in [0.4, 0.5) is 11.4 Å². The highest BCUT2D eigenvalue weighted by atomic mass is 16.4. The molecule has 0 bridgehead atoms. The van der Waals surface area contributed by atoms with Gasteiger partial charge in [0.1, 0.15) is 11.6 Å². The minimum Gasteiger partial charge on any atom is -0.478 e. The van der Waals surface area contributed by atoms with E-state index in [1.165, 1.54) is 30.5 Å². The molecule has 0 radical (unpaired) electrons. The maximum atomic E-state index is 12.2. The third-order valence-electron chi connectivity index (χ3n) is 3.24. The van der Waals surface area contributed by atoms with Crippen LogP contribution in [-0.4, -0.2) is 24.0 Å². The van der Waals surface area contributed by atoms with Crippen LogP contribution in [-0.2, 0) is 4.79 Å². The molecule has 1 amide bonds. The van der Waals surface area contributed by atoms with E-state index >= 15 is 0 Å². The number of nitrogens with one attached hydrogen (secondary N) is 1. The summed E-state index contributed by atoms with van der Waals surface area (Å²) >= 11 is 0. The number of anilines is 2. The van der Waals surface area contributed by atoms with Gasteiger partial charge < -0.3 is 15.3 Å². The molecule has 0 aliphatic carbocycles. The average molecular weight is 321 g/mol. The summed E-state index contributed by atoms with van der Waals surface area (Å²) in [7, 11) is 1.74. The minimum atomic E-state index is -1.05. The third-order valence-corrected chi connectivity index (χ3v) is 3.24. The van der Waals surface area contributed by atoms with Crippen molar-refractivity contribution in [2.75, 3.05) is 17.3 Å². The lowest BCUT2D eigenvalue weighted by molar-refractivity contribution is -0.112. The van der Waals surface area contributed by atoms with Crippen LogP contribution in [0.2, 0.25) is 0 Å². The van der Waals surface area contributed by atoms with E-state index in [-0.39, 0.29) is 11.1 Å². The smallest absolute Gasteiger partial charge is 0.335 e. The van der Waals surface area contributed by atoms with Crippen molar-refractivity contribution in [2.24, 2.45) is 0 Å². The molecule has 0 saturated heterocycles. The molecular formula is C18H15N3O3. The number of nitriles is 1. The first-order valence-electron chi connectivity index (χ1n) is 7.06. The first-order chi connectivity index (χ1) is 11.5. The summed E-state index contributed by atoms with van der Waals surface area (Å²) in [5, 5.41) is 20.6. The monoisotopic (exact) mass is 321 g/mol. The van der Waals surface area contributed by atoms with Gasteiger partial charge in [0, 0.05) is 24.6 Å². The number of para-hydroxylation sites is 1. The second-order valence-electron chi connectivity index (χ2n) is 4.94. The number of benzene rings is 2. The average Bonchev–Trinajstić information content (AvgIpc) is 2.60. The van der Waals surface area contributed by atoms with Crippen molar-refractivity contribution >= 4 is 23.3 Å². The van der Waals surface area contributed by atoms with Crippen molar-refractivity contribution in [1.82, 2.24) is 0 Å². The summed E-state index contributed by atoms with van der Waals surface area (Å²) in [5.74, 6) is -1.61. The molecule has 24 heavy (non-hydrogen) atoms. The Bertz CT molecular complexity index is 806. The Kier molecular flexibility index (Phi) is 5.32. The largest absolute Gasteiger partial charge is 0.478 e. The molecule has 2 aromatic rings. The molecule has 0 aliphatic rings. The third kappa shape index (κ3) is 4.21. The summed E-state index contributed by atoms with van der Waals surface area (Å²) in [6.45, 7) is 0. The van der Waals surface area contributed by atoms with E-state index in [9.17, 15) is 14.9 Å². The van der Waals surface area contributed by atoms with Gasteiger partial charge in [0.25, 0.3) is 5.91 Å². The zero-order chi connectivity index (χ0) is 17.5. The van der Waals surface area contributed by atoms with Gasteiger partial charge in [0.2, 0.25) is 0 Å². The molecule has 120 valence electrons. The van der Waals surface area contributed by atoms with Crippen LogP contribution < -0.4 is 10.2 Å². The number of carbonyl (C=O) groups is 2. The van der Waals surface area contributed by atoms with Gasteiger partial charge in [-0.25, -0.2) is 4.79 Å². The van der Waals surface area contributed by atoms with Gasteiger partial charge in [-0.3, -0.25) is 4.79 Å². The molecule has 6 heteroatoms. The molecule has 2 N–H and O–H groups in total. The Hall–Kier alpha value is -3.59. The predicted octanol–water partition coefficient (Wildman–Crippen LogP) is 2.87. The van der Waals surface area contributed by atoms with Crippen LogP contribution in [0.1, 0.15) is 10.4 Å². The van der Waals surface area contributed by atoms with Gasteiger partial charge in [0.05, 0.1) is 5.56 Å². The van der Waals surface area contributed by atoms with Gasteiger partial charge in [-0.05, 0) is 36.4 Å². The fourth-order valence-electron chi connectivity index (χ4n) is 1.96. The first-order valence-corrected chi connectivity index (χ1v) is 7.06. The predicted molar refractivity (Wildman–Crippen MR) is 90.6 cm³/mol. The molecule has 0 fully saturated rings. The lowest BCUT2D eigenvalue weighted by atomic mass is 10.2. The number of aromatic carboxylic acids is 1.